The standard InChI is InChI=1S/C13H26N2O/c1-13(2,3)9-10-7-11(8-10)15-6-5-14(4)12(15)16/h10-12,16H,5-9H2,1-4H3. The Hall–Kier alpha value is -0.120. The van der Waals surface area contributed by atoms with Crippen molar-refractivity contribution in [1.82, 2.24) is 9.80 Å². The Balaban J connectivity index is 1.76. The Kier molecular flexibility index (Phi) is 3.30. The van der Waals surface area contributed by atoms with Crippen LogP contribution in [0.15, 0.2) is 0 Å². The third-order valence-corrected chi connectivity index (χ3v) is 3.98. The molecule has 0 aromatic rings. The molecule has 0 aromatic heterocycles. The van der Waals surface area contributed by atoms with Crippen molar-refractivity contribution in [1.29, 1.82) is 0 Å². The van der Waals surface area contributed by atoms with Crippen molar-refractivity contribution < 1.29 is 5.11 Å². The molecule has 0 bridgehead atoms. The Labute approximate surface area is 99.4 Å². The lowest BCUT2D eigenvalue weighted by molar-refractivity contribution is -0.0916. The average Bonchev–Trinajstić information content (AvgIpc) is 2.39. The summed E-state index contributed by atoms with van der Waals surface area (Å²) in [6.45, 7) is 8.99. The summed E-state index contributed by atoms with van der Waals surface area (Å²) in [6.07, 6.45) is 3.55. The van der Waals surface area contributed by atoms with Crippen LogP contribution < -0.4 is 0 Å². The topological polar surface area (TPSA) is 26.7 Å². The molecule has 1 saturated heterocycles. The molecule has 0 aromatic carbocycles. The van der Waals surface area contributed by atoms with Gasteiger partial charge in [0, 0.05) is 19.1 Å². The molecule has 1 heterocycles. The van der Waals surface area contributed by atoms with Crippen LogP contribution in [0, 0.1) is 11.3 Å². The van der Waals surface area contributed by atoms with Gasteiger partial charge in [0.1, 0.15) is 0 Å². The van der Waals surface area contributed by atoms with E-state index in [1.54, 1.807) is 0 Å². The number of nitrogens with zero attached hydrogens (tertiary/aromatic N) is 2. The molecule has 1 atom stereocenters. The lowest BCUT2D eigenvalue weighted by atomic mass is 9.71. The summed E-state index contributed by atoms with van der Waals surface area (Å²) in [4.78, 5) is 4.29. The molecule has 94 valence electrons. The molecular weight excluding hydrogens is 200 g/mol. The lowest BCUT2D eigenvalue weighted by Crippen LogP contribution is -2.49. The Morgan fingerprint density at radius 1 is 1.19 bits per heavy atom. The first kappa shape index (κ1) is 12.3. The van der Waals surface area contributed by atoms with E-state index < -0.39 is 0 Å². The Morgan fingerprint density at radius 3 is 2.25 bits per heavy atom. The van der Waals surface area contributed by atoms with Crippen LogP contribution in [0.4, 0.5) is 0 Å². The molecule has 3 heteroatoms. The van der Waals surface area contributed by atoms with E-state index in [1.807, 2.05) is 11.9 Å². The SMILES string of the molecule is CN1CCN(C2CC(CC(C)(C)C)C2)C1O. The van der Waals surface area contributed by atoms with E-state index in [2.05, 4.69) is 25.7 Å². The number of rotatable bonds is 2. The zero-order chi connectivity index (χ0) is 11.9. The van der Waals surface area contributed by atoms with Gasteiger partial charge in [0.25, 0.3) is 0 Å². The third kappa shape index (κ3) is 2.58. The van der Waals surface area contributed by atoms with E-state index >= 15 is 0 Å². The van der Waals surface area contributed by atoms with Crippen molar-refractivity contribution in [2.75, 3.05) is 20.1 Å². The predicted octanol–water partition coefficient (Wildman–Crippen LogP) is 1.72. The second kappa shape index (κ2) is 4.28. The second-order valence-electron chi connectivity index (χ2n) is 6.82. The van der Waals surface area contributed by atoms with Gasteiger partial charge in [-0.1, -0.05) is 20.8 Å². The van der Waals surface area contributed by atoms with E-state index in [4.69, 9.17) is 0 Å². The van der Waals surface area contributed by atoms with Crippen molar-refractivity contribution in [2.24, 2.45) is 11.3 Å². The minimum absolute atomic E-state index is 0.333. The lowest BCUT2D eigenvalue weighted by Gasteiger charge is -2.44. The van der Waals surface area contributed by atoms with Gasteiger partial charge in [-0.3, -0.25) is 9.80 Å². The molecule has 2 rings (SSSR count). The fourth-order valence-electron chi connectivity index (χ4n) is 3.13. The van der Waals surface area contributed by atoms with Crippen molar-refractivity contribution in [3.63, 3.8) is 0 Å². The van der Waals surface area contributed by atoms with Crippen LogP contribution >= 0.6 is 0 Å². The van der Waals surface area contributed by atoms with Gasteiger partial charge in [0.2, 0.25) is 0 Å². The van der Waals surface area contributed by atoms with E-state index in [-0.39, 0.29) is 6.35 Å². The summed E-state index contributed by atoms with van der Waals surface area (Å²) in [7, 11) is 2.00. The van der Waals surface area contributed by atoms with E-state index in [0.29, 0.717) is 11.5 Å². The molecule has 1 aliphatic heterocycles. The van der Waals surface area contributed by atoms with Crippen molar-refractivity contribution >= 4 is 0 Å². The van der Waals surface area contributed by atoms with Gasteiger partial charge in [0.05, 0.1) is 0 Å². The highest BCUT2D eigenvalue weighted by molar-refractivity contribution is 4.91. The van der Waals surface area contributed by atoms with E-state index in [0.717, 1.165) is 19.0 Å². The average molecular weight is 226 g/mol. The highest BCUT2D eigenvalue weighted by Gasteiger charge is 2.40. The molecule has 16 heavy (non-hydrogen) atoms. The largest absolute Gasteiger partial charge is 0.365 e. The molecule has 1 N–H and O–H groups in total. The van der Waals surface area contributed by atoms with Gasteiger partial charge < -0.3 is 5.11 Å². The Morgan fingerprint density at radius 2 is 1.81 bits per heavy atom. The van der Waals surface area contributed by atoms with E-state index in [1.165, 1.54) is 19.3 Å². The number of likely N-dealkylation sites (N-methyl/N-ethyl adjacent to an activating group) is 1. The quantitative estimate of drug-likeness (QED) is 0.777. The first-order valence-corrected chi connectivity index (χ1v) is 6.51. The monoisotopic (exact) mass is 226 g/mol. The zero-order valence-corrected chi connectivity index (χ0v) is 11.1. The maximum Gasteiger partial charge on any atom is 0.165 e. The smallest absolute Gasteiger partial charge is 0.165 e. The van der Waals surface area contributed by atoms with Crippen molar-refractivity contribution in [3.05, 3.63) is 0 Å². The summed E-state index contributed by atoms with van der Waals surface area (Å²) in [5, 5.41) is 9.96. The number of hydrogen-bond donors (Lipinski definition) is 1. The van der Waals surface area contributed by atoms with Crippen LogP contribution in [-0.4, -0.2) is 47.4 Å². The molecule has 3 nitrogen and oxygen atoms in total. The summed E-state index contributed by atoms with van der Waals surface area (Å²) in [6, 6.07) is 0.632. The molecule has 1 aliphatic carbocycles. The van der Waals surface area contributed by atoms with Crippen LogP contribution in [-0.2, 0) is 0 Å². The maximum atomic E-state index is 9.96. The first-order chi connectivity index (χ1) is 7.37. The molecule has 1 unspecified atom stereocenters. The van der Waals surface area contributed by atoms with E-state index in [9.17, 15) is 5.11 Å². The van der Waals surface area contributed by atoms with Crippen LogP contribution in [0.2, 0.25) is 0 Å². The van der Waals surface area contributed by atoms with Crippen LogP contribution in [0.25, 0.3) is 0 Å². The fourth-order valence-corrected chi connectivity index (χ4v) is 3.13. The molecule has 0 spiro atoms. The highest BCUT2D eigenvalue weighted by Crippen LogP contribution is 2.40. The van der Waals surface area contributed by atoms with Crippen molar-refractivity contribution in [2.45, 2.75) is 52.4 Å². The number of hydrogen-bond acceptors (Lipinski definition) is 3. The number of aliphatic hydroxyl groups excluding tert-OH is 1. The van der Waals surface area contributed by atoms with Gasteiger partial charge in [-0.25, -0.2) is 0 Å². The molecule has 0 amide bonds. The molecule has 2 fully saturated rings. The summed E-state index contributed by atoms with van der Waals surface area (Å²) in [5.41, 5.74) is 0.454. The van der Waals surface area contributed by atoms with Crippen LogP contribution in [0.1, 0.15) is 40.0 Å². The summed E-state index contributed by atoms with van der Waals surface area (Å²) >= 11 is 0. The molecule has 1 saturated carbocycles. The van der Waals surface area contributed by atoms with Crippen molar-refractivity contribution in [3.8, 4) is 0 Å². The van der Waals surface area contributed by atoms with Gasteiger partial charge in [-0.05, 0) is 37.6 Å². The summed E-state index contributed by atoms with van der Waals surface area (Å²) in [5.74, 6) is 0.878. The van der Waals surface area contributed by atoms with Gasteiger partial charge in [0.15, 0.2) is 6.35 Å². The minimum atomic E-state index is -0.333. The first-order valence-electron chi connectivity index (χ1n) is 6.51. The third-order valence-electron chi connectivity index (χ3n) is 3.98. The zero-order valence-electron chi connectivity index (χ0n) is 11.1. The van der Waals surface area contributed by atoms with Gasteiger partial charge >= 0.3 is 0 Å². The summed E-state index contributed by atoms with van der Waals surface area (Å²) < 4.78 is 0. The van der Waals surface area contributed by atoms with Gasteiger partial charge in [-0.15, -0.1) is 0 Å². The highest BCUT2D eigenvalue weighted by atomic mass is 16.3. The molecular formula is C13H26N2O. The van der Waals surface area contributed by atoms with Crippen LogP contribution in [0.5, 0.6) is 0 Å². The van der Waals surface area contributed by atoms with Crippen LogP contribution in [0.3, 0.4) is 0 Å². The van der Waals surface area contributed by atoms with Gasteiger partial charge in [-0.2, -0.15) is 0 Å². The second-order valence-corrected chi connectivity index (χ2v) is 6.82. The normalized spacial score (nSPS) is 37.7. The maximum absolute atomic E-state index is 9.96. The molecule has 0 radical (unpaired) electrons. The molecule has 2 aliphatic rings. The predicted molar refractivity (Wildman–Crippen MR) is 65.9 cm³/mol. The fraction of sp³-hybridized carbons (Fsp3) is 1.00. The number of aliphatic hydroxyl groups is 1. The Bertz CT molecular complexity index is 243. The minimum Gasteiger partial charge on any atom is -0.365 e.